The Labute approximate surface area is 121 Å². The van der Waals surface area contributed by atoms with E-state index in [-0.39, 0.29) is 11.5 Å². The molecule has 0 aliphatic carbocycles. The van der Waals surface area contributed by atoms with Crippen molar-refractivity contribution in [3.8, 4) is 0 Å². The molecule has 5 nitrogen and oxygen atoms in total. The molecular weight excluding hydrogens is 278 g/mol. The van der Waals surface area contributed by atoms with Crippen LogP contribution in [-0.2, 0) is 14.6 Å². The van der Waals surface area contributed by atoms with Crippen molar-refractivity contribution in [1.82, 2.24) is 4.90 Å². The zero-order valence-electron chi connectivity index (χ0n) is 12.2. The van der Waals surface area contributed by atoms with Crippen molar-refractivity contribution < 1.29 is 18.3 Å². The van der Waals surface area contributed by atoms with Crippen molar-refractivity contribution in [2.45, 2.75) is 51.5 Å². The van der Waals surface area contributed by atoms with Crippen LogP contribution < -0.4 is 0 Å². The van der Waals surface area contributed by atoms with Crippen LogP contribution in [0.4, 0.5) is 0 Å². The monoisotopic (exact) mass is 303 g/mol. The van der Waals surface area contributed by atoms with E-state index in [0.29, 0.717) is 31.7 Å². The number of hydrogen-bond acceptors (Lipinski definition) is 4. The number of nitrogens with zero attached hydrogens (tertiary/aromatic N) is 1. The lowest BCUT2D eigenvalue weighted by atomic mass is 9.74. The van der Waals surface area contributed by atoms with Crippen LogP contribution in [0.25, 0.3) is 0 Å². The van der Waals surface area contributed by atoms with Crippen LogP contribution in [0.5, 0.6) is 0 Å². The molecule has 0 unspecified atom stereocenters. The van der Waals surface area contributed by atoms with Gasteiger partial charge >= 0.3 is 5.97 Å². The predicted molar refractivity (Wildman–Crippen MR) is 77.5 cm³/mol. The SMILES string of the molecule is CCCC1(C(=O)O)CCN(C2CCS(=O)(=O)CC2)CC1. The number of carbonyl (C=O) groups is 1. The molecule has 0 aromatic rings. The van der Waals surface area contributed by atoms with Gasteiger partial charge in [0.1, 0.15) is 9.84 Å². The summed E-state index contributed by atoms with van der Waals surface area (Å²) in [7, 11) is -2.82. The van der Waals surface area contributed by atoms with Crippen LogP contribution in [0.15, 0.2) is 0 Å². The normalized spacial score (nSPS) is 27.2. The minimum absolute atomic E-state index is 0.285. The Hall–Kier alpha value is -0.620. The zero-order chi connectivity index (χ0) is 14.8. The summed E-state index contributed by atoms with van der Waals surface area (Å²) < 4.78 is 22.9. The van der Waals surface area contributed by atoms with E-state index in [9.17, 15) is 18.3 Å². The van der Waals surface area contributed by atoms with Gasteiger partial charge in [-0.1, -0.05) is 13.3 Å². The molecule has 0 radical (unpaired) electrons. The van der Waals surface area contributed by atoms with E-state index in [2.05, 4.69) is 4.90 Å². The van der Waals surface area contributed by atoms with Gasteiger partial charge in [-0.05, 0) is 45.2 Å². The third-order valence-corrected chi connectivity index (χ3v) is 6.69. The van der Waals surface area contributed by atoms with Crippen LogP contribution in [0.2, 0.25) is 0 Å². The molecule has 0 amide bonds. The van der Waals surface area contributed by atoms with Crippen molar-refractivity contribution in [3.05, 3.63) is 0 Å². The number of hydrogen-bond donors (Lipinski definition) is 1. The van der Waals surface area contributed by atoms with Gasteiger partial charge in [0, 0.05) is 6.04 Å². The third kappa shape index (κ3) is 3.34. The van der Waals surface area contributed by atoms with Gasteiger partial charge in [-0.15, -0.1) is 0 Å². The van der Waals surface area contributed by atoms with Crippen LogP contribution in [0.3, 0.4) is 0 Å². The van der Waals surface area contributed by atoms with E-state index in [1.54, 1.807) is 0 Å². The molecule has 116 valence electrons. The van der Waals surface area contributed by atoms with Gasteiger partial charge in [0.15, 0.2) is 0 Å². The molecule has 2 saturated heterocycles. The summed E-state index contributed by atoms with van der Waals surface area (Å²) in [6, 6.07) is 0.326. The Morgan fingerprint density at radius 1 is 1.25 bits per heavy atom. The minimum Gasteiger partial charge on any atom is -0.481 e. The summed E-state index contributed by atoms with van der Waals surface area (Å²) in [6.45, 7) is 3.61. The second-order valence-corrected chi connectivity index (χ2v) is 8.56. The summed E-state index contributed by atoms with van der Waals surface area (Å²) >= 11 is 0. The zero-order valence-corrected chi connectivity index (χ0v) is 13.0. The lowest BCUT2D eigenvalue weighted by molar-refractivity contribution is -0.153. The lowest BCUT2D eigenvalue weighted by Crippen LogP contribution is -2.50. The molecule has 2 fully saturated rings. The maximum Gasteiger partial charge on any atom is 0.309 e. The topological polar surface area (TPSA) is 74.7 Å². The third-order valence-electron chi connectivity index (χ3n) is 4.98. The number of sulfone groups is 1. The van der Waals surface area contributed by atoms with Gasteiger partial charge in [0.05, 0.1) is 16.9 Å². The van der Waals surface area contributed by atoms with E-state index >= 15 is 0 Å². The van der Waals surface area contributed by atoms with Crippen LogP contribution in [-0.4, -0.2) is 55.0 Å². The van der Waals surface area contributed by atoms with Gasteiger partial charge in [-0.25, -0.2) is 8.42 Å². The molecule has 0 saturated carbocycles. The first kappa shape index (κ1) is 15.8. The Morgan fingerprint density at radius 2 is 1.80 bits per heavy atom. The van der Waals surface area contributed by atoms with Crippen molar-refractivity contribution in [1.29, 1.82) is 0 Å². The number of carboxylic acids is 1. The molecule has 0 bridgehead atoms. The molecule has 20 heavy (non-hydrogen) atoms. The van der Waals surface area contributed by atoms with E-state index in [4.69, 9.17) is 0 Å². The average molecular weight is 303 g/mol. The quantitative estimate of drug-likeness (QED) is 0.852. The fourth-order valence-corrected chi connectivity index (χ4v) is 5.08. The fourth-order valence-electron chi connectivity index (χ4n) is 3.61. The number of rotatable bonds is 4. The summed E-state index contributed by atoms with van der Waals surface area (Å²) in [4.78, 5) is 13.8. The highest BCUT2D eigenvalue weighted by molar-refractivity contribution is 7.91. The highest BCUT2D eigenvalue weighted by atomic mass is 32.2. The van der Waals surface area contributed by atoms with Gasteiger partial charge in [0.2, 0.25) is 0 Å². The highest BCUT2D eigenvalue weighted by Crippen LogP contribution is 2.37. The first-order valence-electron chi connectivity index (χ1n) is 7.56. The number of likely N-dealkylation sites (tertiary alicyclic amines) is 1. The summed E-state index contributed by atoms with van der Waals surface area (Å²) in [6.07, 6.45) is 4.44. The van der Waals surface area contributed by atoms with Gasteiger partial charge in [-0.2, -0.15) is 0 Å². The molecular formula is C14H25NO4S. The van der Waals surface area contributed by atoms with E-state index in [1.165, 1.54) is 0 Å². The van der Waals surface area contributed by atoms with Gasteiger partial charge in [0.25, 0.3) is 0 Å². The smallest absolute Gasteiger partial charge is 0.309 e. The molecule has 0 aromatic heterocycles. The summed E-state index contributed by atoms with van der Waals surface area (Å²) in [5.41, 5.74) is -0.550. The van der Waals surface area contributed by atoms with Gasteiger partial charge in [-0.3, -0.25) is 4.79 Å². The van der Waals surface area contributed by atoms with Gasteiger partial charge < -0.3 is 10.0 Å². The first-order valence-corrected chi connectivity index (χ1v) is 9.38. The molecule has 0 aromatic carbocycles. The molecule has 2 aliphatic heterocycles. The second kappa shape index (κ2) is 6.02. The predicted octanol–water partition coefficient (Wildman–Crippen LogP) is 1.53. The summed E-state index contributed by atoms with van der Waals surface area (Å²) in [5.74, 6) is -0.0920. The standard InChI is InChI=1S/C14H25NO4S/c1-2-5-14(13(16)17)6-8-15(9-7-14)12-3-10-20(18,19)11-4-12/h12H,2-11H2,1H3,(H,16,17). The van der Waals surface area contributed by atoms with Crippen LogP contribution >= 0.6 is 0 Å². The van der Waals surface area contributed by atoms with Crippen molar-refractivity contribution in [2.24, 2.45) is 5.41 Å². The molecule has 0 atom stereocenters. The van der Waals surface area contributed by atoms with E-state index in [0.717, 1.165) is 25.9 Å². The summed E-state index contributed by atoms with van der Waals surface area (Å²) in [5, 5.41) is 9.49. The molecule has 2 rings (SSSR count). The molecule has 0 spiro atoms. The van der Waals surface area contributed by atoms with Crippen molar-refractivity contribution >= 4 is 15.8 Å². The Bertz CT molecular complexity index is 438. The number of aliphatic carboxylic acids is 1. The average Bonchev–Trinajstić information content (AvgIpc) is 2.40. The Balaban J connectivity index is 1.92. The van der Waals surface area contributed by atoms with Crippen LogP contribution in [0, 0.1) is 5.41 Å². The maximum atomic E-state index is 11.5. The lowest BCUT2D eigenvalue weighted by Gasteiger charge is -2.43. The second-order valence-electron chi connectivity index (χ2n) is 6.25. The Morgan fingerprint density at radius 3 is 2.25 bits per heavy atom. The maximum absolute atomic E-state index is 11.5. The molecule has 2 heterocycles. The Kier molecular flexibility index (Phi) is 4.74. The molecule has 2 aliphatic rings. The van der Waals surface area contributed by atoms with Crippen molar-refractivity contribution in [3.63, 3.8) is 0 Å². The largest absolute Gasteiger partial charge is 0.481 e. The van der Waals surface area contributed by atoms with E-state index < -0.39 is 21.2 Å². The molecule has 6 heteroatoms. The van der Waals surface area contributed by atoms with E-state index in [1.807, 2.05) is 6.92 Å². The minimum atomic E-state index is -2.82. The molecule has 1 N–H and O–H groups in total. The van der Waals surface area contributed by atoms with Crippen molar-refractivity contribution in [2.75, 3.05) is 24.6 Å². The number of piperidine rings is 1. The highest BCUT2D eigenvalue weighted by Gasteiger charge is 2.42. The number of carboxylic acid groups (broad SMARTS) is 1. The fraction of sp³-hybridized carbons (Fsp3) is 0.929. The van der Waals surface area contributed by atoms with Crippen LogP contribution in [0.1, 0.15) is 45.4 Å². The first-order chi connectivity index (χ1) is 9.38.